The van der Waals surface area contributed by atoms with E-state index in [9.17, 15) is 0 Å². The second kappa shape index (κ2) is 3.02. The van der Waals surface area contributed by atoms with E-state index >= 15 is 0 Å². The third kappa shape index (κ3) is 1.58. The van der Waals surface area contributed by atoms with E-state index in [1.807, 2.05) is 13.8 Å². The molecule has 11 heavy (non-hydrogen) atoms. The van der Waals surface area contributed by atoms with Crippen LogP contribution in [0.1, 0.15) is 11.4 Å². The SMILES string of the molecule is Cc1nc(Cl)c(NN)nc1C. The molecule has 0 fully saturated rings. The van der Waals surface area contributed by atoms with Crippen molar-refractivity contribution >= 4 is 17.4 Å². The first-order chi connectivity index (χ1) is 5.15. The number of nitrogen functional groups attached to an aromatic ring is 1. The molecule has 0 radical (unpaired) electrons. The van der Waals surface area contributed by atoms with Gasteiger partial charge in [-0.1, -0.05) is 11.6 Å². The van der Waals surface area contributed by atoms with Gasteiger partial charge in [-0.2, -0.15) is 0 Å². The van der Waals surface area contributed by atoms with E-state index in [0.29, 0.717) is 11.0 Å². The van der Waals surface area contributed by atoms with Crippen LogP contribution in [0.2, 0.25) is 5.15 Å². The van der Waals surface area contributed by atoms with Crippen LogP contribution in [0.4, 0.5) is 5.82 Å². The van der Waals surface area contributed by atoms with Gasteiger partial charge in [-0.15, -0.1) is 0 Å². The smallest absolute Gasteiger partial charge is 0.178 e. The molecular weight excluding hydrogens is 164 g/mol. The number of nitrogens with zero attached hydrogens (tertiary/aromatic N) is 2. The van der Waals surface area contributed by atoms with Crippen LogP contribution in [-0.2, 0) is 0 Å². The molecule has 0 amide bonds. The van der Waals surface area contributed by atoms with Gasteiger partial charge in [-0.05, 0) is 13.8 Å². The van der Waals surface area contributed by atoms with Gasteiger partial charge in [0.05, 0.1) is 11.4 Å². The Morgan fingerprint density at radius 3 is 2.36 bits per heavy atom. The first kappa shape index (κ1) is 8.23. The molecule has 4 nitrogen and oxygen atoms in total. The summed E-state index contributed by atoms with van der Waals surface area (Å²) < 4.78 is 0. The monoisotopic (exact) mass is 172 g/mol. The molecule has 0 bridgehead atoms. The number of hydrogen-bond acceptors (Lipinski definition) is 4. The summed E-state index contributed by atoms with van der Waals surface area (Å²) >= 11 is 5.69. The van der Waals surface area contributed by atoms with Crippen molar-refractivity contribution < 1.29 is 0 Å². The number of hydrazine groups is 1. The molecule has 1 aromatic rings. The van der Waals surface area contributed by atoms with Gasteiger partial charge in [0, 0.05) is 0 Å². The van der Waals surface area contributed by atoms with Crippen molar-refractivity contribution in [1.29, 1.82) is 0 Å². The fourth-order valence-corrected chi connectivity index (χ4v) is 0.891. The maximum absolute atomic E-state index is 5.69. The lowest BCUT2D eigenvalue weighted by atomic mass is 10.3. The number of rotatable bonds is 1. The van der Waals surface area contributed by atoms with Crippen LogP contribution in [0, 0.1) is 13.8 Å². The fraction of sp³-hybridized carbons (Fsp3) is 0.333. The number of anilines is 1. The number of aryl methyl sites for hydroxylation is 2. The molecule has 1 heterocycles. The first-order valence-corrected chi connectivity index (χ1v) is 3.50. The topological polar surface area (TPSA) is 63.8 Å². The van der Waals surface area contributed by atoms with E-state index in [4.69, 9.17) is 17.4 Å². The summed E-state index contributed by atoms with van der Waals surface area (Å²) in [4.78, 5) is 8.06. The summed E-state index contributed by atoms with van der Waals surface area (Å²) in [6, 6.07) is 0. The Bertz CT molecular complexity index is 274. The molecule has 0 spiro atoms. The number of nitrogens with two attached hydrogens (primary N) is 1. The molecule has 5 heteroatoms. The highest BCUT2D eigenvalue weighted by molar-refractivity contribution is 6.31. The minimum Gasteiger partial charge on any atom is -0.306 e. The summed E-state index contributed by atoms with van der Waals surface area (Å²) in [6.45, 7) is 3.69. The normalized spacial score (nSPS) is 9.82. The summed E-state index contributed by atoms with van der Waals surface area (Å²) in [5, 5.41) is 0.301. The van der Waals surface area contributed by atoms with E-state index in [1.54, 1.807) is 0 Å². The van der Waals surface area contributed by atoms with Crippen molar-refractivity contribution in [2.24, 2.45) is 5.84 Å². The van der Waals surface area contributed by atoms with Gasteiger partial charge in [-0.25, -0.2) is 15.8 Å². The molecule has 0 aliphatic heterocycles. The molecule has 0 atom stereocenters. The van der Waals surface area contributed by atoms with Crippen molar-refractivity contribution in [3.8, 4) is 0 Å². The van der Waals surface area contributed by atoms with E-state index in [2.05, 4.69) is 15.4 Å². The third-order valence-electron chi connectivity index (χ3n) is 1.40. The second-order valence-electron chi connectivity index (χ2n) is 2.18. The summed E-state index contributed by atoms with van der Waals surface area (Å²) in [7, 11) is 0. The predicted molar refractivity (Wildman–Crippen MR) is 44.3 cm³/mol. The van der Waals surface area contributed by atoms with Gasteiger partial charge in [0.2, 0.25) is 0 Å². The summed E-state index contributed by atoms with van der Waals surface area (Å²) in [6.07, 6.45) is 0. The van der Waals surface area contributed by atoms with E-state index < -0.39 is 0 Å². The van der Waals surface area contributed by atoms with Crippen LogP contribution in [0.3, 0.4) is 0 Å². The van der Waals surface area contributed by atoms with Crippen molar-refractivity contribution in [2.45, 2.75) is 13.8 Å². The average Bonchev–Trinajstić information content (AvgIpc) is 1.97. The zero-order valence-electron chi connectivity index (χ0n) is 6.35. The molecule has 0 saturated carbocycles. The number of halogens is 1. The van der Waals surface area contributed by atoms with Gasteiger partial charge < -0.3 is 5.43 Å². The van der Waals surface area contributed by atoms with E-state index in [0.717, 1.165) is 11.4 Å². The fourth-order valence-electron chi connectivity index (χ4n) is 0.668. The Morgan fingerprint density at radius 2 is 1.82 bits per heavy atom. The van der Waals surface area contributed by atoms with Crippen LogP contribution in [-0.4, -0.2) is 9.97 Å². The lowest BCUT2D eigenvalue weighted by molar-refractivity contribution is 1.04. The number of hydrogen-bond donors (Lipinski definition) is 2. The third-order valence-corrected chi connectivity index (χ3v) is 1.66. The molecule has 60 valence electrons. The minimum absolute atomic E-state index is 0.301. The summed E-state index contributed by atoms with van der Waals surface area (Å²) in [5.74, 6) is 5.54. The number of aromatic nitrogens is 2. The van der Waals surface area contributed by atoms with Crippen LogP contribution >= 0.6 is 11.6 Å². The lowest BCUT2D eigenvalue weighted by Gasteiger charge is -2.03. The first-order valence-electron chi connectivity index (χ1n) is 3.12. The average molecular weight is 173 g/mol. The molecule has 0 aliphatic rings. The molecule has 0 aliphatic carbocycles. The largest absolute Gasteiger partial charge is 0.306 e. The van der Waals surface area contributed by atoms with Crippen LogP contribution in [0.15, 0.2) is 0 Å². The molecule has 0 saturated heterocycles. The van der Waals surface area contributed by atoms with E-state index in [-0.39, 0.29) is 0 Å². The van der Waals surface area contributed by atoms with Crippen molar-refractivity contribution in [3.05, 3.63) is 16.5 Å². The van der Waals surface area contributed by atoms with Gasteiger partial charge in [0.25, 0.3) is 0 Å². The molecular formula is C6H9ClN4. The predicted octanol–water partition coefficient (Wildman–Crippen LogP) is 1.03. The van der Waals surface area contributed by atoms with Crippen LogP contribution in [0.5, 0.6) is 0 Å². The standard InChI is InChI=1S/C6H9ClN4/c1-3-4(2)10-6(11-8)5(7)9-3/h8H2,1-2H3,(H,10,11). The number of nitrogens with one attached hydrogen (secondary N) is 1. The maximum Gasteiger partial charge on any atom is 0.178 e. The minimum atomic E-state index is 0.301. The Morgan fingerprint density at radius 1 is 1.27 bits per heavy atom. The van der Waals surface area contributed by atoms with Crippen LogP contribution < -0.4 is 11.3 Å². The van der Waals surface area contributed by atoms with E-state index in [1.165, 1.54) is 0 Å². The second-order valence-corrected chi connectivity index (χ2v) is 2.54. The molecule has 1 rings (SSSR count). The van der Waals surface area contributed by atoms with Crippen molar-refractivity contribution in [2.75, 3.05) is 5.43 Å². The maximum atomic E-state index is 5.69. The Balaban J connectivity index is 3.21. The van der Waals surface area contributed by atoms with Gasteiger partial charge in [0.1, 0.15) is 0 Å². The Kier molecular flexibility index (Phi) is 2.26. The van der Waals surface area contributed by atoms with Gasteiger partial charge in [0.15, 0.2) is 11.0 Å². The van der Waals surface area contributed by atoms with Crippen LogP contribution in [0.25, 0.3) is 0 Å². The Hall–Kier alpha value is -0.870. The zero-order chi connectivity index (χ0) is 8.43. The Labute approximate surface area is 69.8 Å². The molecule has 3 N–H and O–H groups in total. The molecule has 0 aromatic carbocycles. The highest BCUT2D eigenvalue weighted by Crippen LogP contribution is 2.16. The zero-order valence-corrected chi connectivity index (χ0v) is 7.11. The highest BCUT2D eigenvalue weighted by Gasteiger charge is 2.03. The molecule has 1 aromatic heterocycles. The highest BCUT2D eigenvalue weighted by atomic mass is 35.5. The van der Waals surface area contributed by atoms with Gasteiger partial charge in [-0.3, -0.25) is 0 Å². The molecule has 0 unspecified atom stereocenters. The lowest BCUT2D eigenvalue weighted by Crippen LogP contribution is -2.11. The summed E-state index contributed by atoms with van der Waals surface area (Å²) in [5.41, 5.74) is 3.99. The van der Waals surface area contributed by atoms with Crippen molar-refractivity contribution in [3.63, 3.8) is 0 Å². The van der Waals surface area contributed by atoms with Gasteiger partial charge >= 0.3 is 0 Å². The quantitative estimate of drug-likeness (QED) is 0.491. The van der Waals surface area contributed by atoms with Crippen molar-refractivity contribution in [1.82, 2.24) is 9.97 Å².